The summed E-state index contributed by atoms with van der Waals surface area (Å²) < 4.78 is 15.0. The summed E-state index contributed by atoms with van der Waals surface area (Å²) in [7, 11) is 1.92. The van der Waals surface area contributed by atoms with Crippen LogP contribution in [0.5, 0.6) is 0 Å². The Morgan fingerprint density at radius 2 is 2.05 bits per heavy atom. The van der Waals surface area contributed by atoms with Crippen LogP contribution in [-0.2, 0) is 13.5 Å². The Hall–Kier alpha value is -1.72. The van der Waals surface area contributed by atoms with E-state index in [1.807, 2.05) is 38.6 Å². The molecule has 1 heterocycles. The van der Waals surface area contributed by atoms with E-state index in [9.17, 15) is 4.39 Å². The van der Waals surface area contributed by atoms with Crippen molar-refractivity contribution in [2.45, 2.75) is 33.2 Å². The molecule has 5 heteroatoms. The third kappa shape index (κ3) is 2.73. The van der Waals surface area contributed by atoms with Gasteiger partial charge in [0.25, 0.3) is 0 Å². The number of hydrogen-bond donors (Lipinski definition) is 2. The van der Waals surface area contributed by atoms with Gasteiger partial charge in [0.05, 0.1) is 11.7 Å². The lowest BCUT2D eigenvalue weighted by Gasteiger charge is -2.18. The van der Waals surface area contributed by atoms with Gasteiger partial charge in [0.1, 0.15) is 5.82 Å². The summed E-state index contributed by atoms with van der Waals surface area (Å²) in [6.07, 6.45) is 0.704. The lowest BCUT2D eigenvalue weighted by Crippen LogP contribution is -2.30. The minimum Gasteiger partial charge on any atom is -0.272 e. The molecule has 2 rings (SSSR count). The van der Waals surface area contributed by atoms with Gasteiger partial charge in [-0.1, -0.05) is 6.07 Å². The number of rotatable bonds is 4. The number of nitrogens with two attached hydrogens (primary N) is 1. The van der Waals surface area contributed by atoms with E-state index in [1.165, 1.54) is 6.07 Å². The van der Waals surface area contributed by atoms with Gasteiger partial charge < -0.3 is 0 Å². The molecular weight excluding hydrogens is 255 g/mol. The summed E-state index contributed by atoms with van der Waals surface area (Å²) in [5.74, 6) is 5.51. The van der Waals surface area contributed by atoms with E-state index in [4.69, 9.17) is 5.84 Å². The summed E-state index contributed by atoms with van der Waals surface area (Å²) in [6.45, 7) is 5.91. The van der Waals surface area contributed by atoms with Gasteiger partial charge in [0, 0.05) is 18.3 Å². The fourth-order valence-electron chi connectivity index (χ4n) is 2.65. The molecule has 0 spiro atoms. The molecule has 0 aliphatic rings. The fraction of sp³-hybridized carbons (Fsp3) is 0.400. The second-order valence-corrected chi connectivity index (χ2v) is 5.20. The van der Waals surface area contributed by atoms with Gasteiger partial charge in [-0.2, -0.15) is 5.10 Å². The number of nitrogens with one attached hydrogen (secondary N) is 1. The van der Waals surface area contributed by atoms with Gasteiger partial charge >= 0.3 is 0 Å². The Labute approximate surface area is 118 Å². The van der Waals surface area contributed by atoms with Crippen molar-refractivity contribution in [2.24, 2.45) is 12.9 Å². The first-order valence-electron chi connectivity index (χ1n) is 6.65. The highest BCUT2D eigenvalue weighted by Crippen LogP contribution is 2.25. The standard InChI is InChI=1S/C15H21FN4/c1-9-7-13(16)6-5-12(9)8-14(18-17)15-10(2)19-20(4)11(15)3/h5-7,14,18H,8,17H2,1-4H3. The highest BCUT2D eigenvalue weighted by Gasteiger charge is 2.20. The number of hydrogen-bond acceptors (Lipinski definition) is 3. The number of halogens is 1. The molecule has 0 aliphatic carbocycles. The van der Waals surface area contributed by atoms with E-state index < -0.39 is 0 Å². The van der Waals surface area contributed by atoms with Crippen LogP contribution in [0.15, 0.2) is 18.2 Å². The summed E-state index contributed by atoms with van der Waals surface area (Å²) in [5.41, 5.74) is 8.04. The molecule has 0 aliphatic heterocycles. The number of hydrazine groups is 1. The van der Waals surface area contributed by atoms with Gasteiger partial charge in [-0.05, 0) is 50.5 Å². The molecule has 0 fully saturated rings. The molecule has 0 bridgehead atoms. The van der Waals surface area contributed by atoms with Crippen molar-refractivity contribution in [1.82, 2.24) is 15.2 Å². The van der Waals surface area contributed by atoms with Crippen LogP contribution in [0.3, 0.4) is 0 Å². The highest BCUT2D eigenvalue weighted by atomic mass is 19.1. The Bertz CT molecular complexity index is 619. The molecule has 3 N–H and O–H groups in total. The average molecular weight is 276 g/mol. The lowest BCUT2D eigenvalue weighted by atomic mass is 9.95. The van der Waals surface area contributed by atoms with E-state index >= 15 is 0 Å². The highest BCUT2D eigenvalue weighted by molar-refractivity contribution is 5.33. The molecule has 2 aromatic rings. The van der Waals surface area contributed by atoms with E-state index in [0.29, 0.717) is 6.42 Å². The number of nitrogens with zero attached hydrogens (tertiary/aromatic N) is 2. The summed E-state index contributed by atoms with van der Waals surface area (Å²) >= 11 is 0. The predicted octanol–water partition coefficient (Wildman–Crippen LogP) is 2.23. The SMILES string of the molecule is Cc1cc(F)ccc1CC(NN)c1c(C)nn(C)c1C. The monoisotopic (exact) mass is 276 g/mol. The summed E-state index contributed by atoms with van der Waals surface area (Å²) in [4.78, 5) is 0. The van der Waals surface area contributed by atoms with E-state index in [0.717, 1.165) is 28.1 Å². The van der Waals surface area contributed by atoms with Crippen LogP contribution in [0.4, 0.5) is 4.39 Å². The normalized spacial score (nSPS) is 12.7. The zero-order valence-electron chi connectivity index (χ0n) is 12.4. The quantitative estimate of drug-likeness (QED) is 0.665. The summed E-state index contributed by atoms with van der Waals surface area (Å²) in [6, 6.07) is 4.81. The van der Waals surface area contributed by atoms with Crippen LogP contribution >= 0.6 is 0 Å². The van der Waals surface area contributed by atoms with Gasteiger partial charge in [0.15, 0.2) is 0 Å². The maximum absolute atomic E-state index is 13.2. The molecule has 108 valence electrons. The average Bonchev–Trinajstić information content (AvgIpc) is 2.63. The van der Waals surface area contributed by atoms with Crippen molar-refractivity contribution in [1.29, 1.82) is 0 Å². The molecule has 1 aromatic heterocycles. The fourth-order valence-corrected chi connectivity index (χ4v) is 2.65. The number of aryl methyl sites for hydroxylation is 3. The molecule has 0 amide bonds. The molecule has 4 nitrogen and oxygen atoms in total. The van der Waals surface area contributed by atoms with Gasteiger partial charge in [0.2, 0.25) is 0 Å². The van der Waals surface area contributed by atoms with Crippen molar-refractivity contribution in [3.63, 3.8) is 0 Å². The Balaban J connectivity index is 2.33. The lowest BCUT2D eigenvalue weighted by molar-refractivity contribution is 0.543. The van der Waals surface area contributed by atoms with E-state index in [-0.39, 0.29) is 11.9 Å². The topological polar surface area (TPSA) is 55.9 Å². The smallest absolute Gasteiger partial charge is 0.123 e. The maximum atomic E-state index is 13.2. The number of aromatic nitrogens is 2. The zero-order chi connectivity index (χ0) is 14.9. The predicted molar refractivity (Wildman–Crippen MR) is 77.6 cm³/mol. The second-order valence-electron chi connectivity index (χ2n) is 5.20. The van der Waals surface area contributed by atoms with Gasteiger partial charge in [-0.3, -0.25) is 16.0 Å². The van der Waals surface area contributed by atoms with Crippen molar-refractivity contribution in [3.8, 4) is 0 Å². The van der Waals surface area contributed by atoms with Crippen LogP contribution in [-0.4, -0.2) is 9.78 Å². The molecule has 0 saturated heterocycles. The summed E-state index contributed by atoms with van der Waals surface area (Å²) in [5, 5.41) is 4.42. The Morgan fingerprint density at radius 3 is 2.55 bits per heavy atom. The molecule has 20 heavy (non-hydrogen) atoms. The maximum Gasteiger partial charge on any atom is 0.123 e. The first-order valence-corrected chi connectivity index (χ1v) is 6.65. The van der Waals surface area contributed by atoms with Crippen LogP contribution in [0.25, 0.3) is 0 Å². The minimum absolute atomic E-state index is 0.0344. The second kappa shape index (κ2) is 5.73. The first-order chi connectivity index (χ1) is 9.43. The first kappa shape index (κ1) is 14.7. The van der Waals surface area contributed by atoms with Crippen LogP contribution in [0.2, 0.25) is 0 Å². The van der Waals surface area contributed by atoms with Crippen molar-refractivity contribution in [3.05, 3.63) is 52.1 Å². The van der Waals surface area contributed by atoms with Crippen molar-refractivity contribution in [2.75, 3.05) is 0 Å². The molecule has 0 radical (unpaired) electrons. The minimum atomic E-state index is -0.211. The van der Waals surface area contributed by atoms with E-state index in [2.05, 4.69) is 10.5 Å². The van der Waals surface area contributed by atoms with Crippen LogP contribution in [0, 0.1) is 26.6 Å². The van der Waals surface area contributed by atoms with Crippen molar-refractivity contribution >= 4 is 0 Å². The molecule has 1 aromatic carbocycles. The number of benzene rings is 1. The Morgan fingerprint density at radius 1 is 1.35 bits per heavy atom. The van der Waals surface area contributed by atoms with Crippen molar-refractivity contribution < 1.29 is 4.39 Å². The molecular formula is C15H21FN4. The molecule has 1 atom stereocenters. The van der Waals surface area contributed by atoms with Gasteiger partial charge in [-0.15, -0.1) is 0 Å². The third-order valence-electron chi connectivity index (χ3n) is 3.84. The molecule has 0 saturated carbocycles. The van der Waals surface area contributed by atoms with Crippen LogP contribution in [0.1, 0.15) is 34.1 Å². The zero-order valence-corrected chi connectivity index (χ0v) is 12.4. The molecule has 1 unspecified atom stereocenters. The van der Waals surface area contributed by atoms with Crippen LogP contribution < -0.4 is 11.3 Å². The Kier molecular flexibility index (Phi) is 4.20. The van der Waals surface area contributed by atoms with E-state index in [1.54, 1.807) is 6.07 Å². The third-order valence-corrected chi connectivity index (χ3v) is 3.84. The largest absolute Gasteiger partial charge is 0.272 e. The van der Waals surface area contributed by atoms with Gasteiger partial charge in [-0.25, -0.2) is 4.39 Å².